The van der Waals surface area contributed by atoms with Crippen molar-refractivity contribution in [3.63, 3.8) is 0 Å². The van der Waals surface area contributed by atoms with Gasteiger partial charge in [-0.25, -0.2) is 0 Å². The number of thiocarbonyl (C=S) groups is 1. The van der Waals surface area contributed by atoms with Crippen LogP contribution in [0.3, 0.4) is 0 Å². The molecule has 0 aromatic heterocycles. The van der Waals surface area contributed by atoms with Crippen LogP contribution in [-0.2, 0) is 9.59 Å². The monoisotopic (exact) mass is 472 g/mol. The van der Waals surface area contributed by atoms with Crippen LogP contribution in [0.1, 0.15) is 18.4 Å². The number of thioether (sulfide) groups is 1. The van der Waals surface area contributed by atoms with Crippen LogP contribution in [0.2, 0.25) is 0 Å². The van der Waals surface area contributed by atoms with Crippen molar-refractivity contribution >= 4 is 51.9 Å². The van der Waals surface area contributed by atoms with Crippen molar-refractivity contribution in [3.8, 4) is 17.2 Å². The number of hydrogen-bond donors (Lipinski definition) is 1. The SMILES string of the molecule is COc1ccc(NC(=O)CCCN2C(=O)C(=Cc3ccc(OC)c(OC)c3)SC2=S)cc1. The van der Waals surface area contributed by atoms with Crippen molar-refractivity contribution in [2.24, 2.45) is 0 Å². The Bertz CT molecular complexity index is 1040. The topological polar surface area (TPSA) is 77.1 Å². The van der Waals surface area contributed by atoms with Crippen LogP contribution < -0.4 is 19.5 Å². The number of carbonyl (C=O) groups excluding carboxylic acids is 2. The Hall–Kier alpha value is -3.04. The number of amides is 2. The van der Waals surface area contributed by atoms with Crippen LogP contribution in [0.5, 0.6) is 17.2 Å². The number of ether oxygens (including phenoxy) is 3. The molecule has 7 nitrogen and oxygen atoms in total. The van der Waals surface area contributed by atoms with Gasteiger partial charge >= 0.3 is 0 Å². The summed E-state index contributed by atoms with van der Waals surface area (Å²) < 4.78 is 16.1. The number of carbonyl (C=O) groups is 2. The second-order valence-electron chi connectivity index (χ2n) is 6.83. The largest absolute Gasteiger partial charge is 0.497 e. The zero-order valence-electron chi connectivity index (χ0n) is 18.0. The molecule has 1 fully saturated rings. The van der Waals surface area contributed by atoms with E-state index in [9.17, 15) is 9.59 Å². The summed E-state index contributed by atoms with van der Waals surface area (Å²) in [6.07, 6.45) is 2.55. The average Bonchev–Trinajstić information content (AvgIpc) is 3.06. The molecule has 1 aliphatic rings. The molecule has 9 heteroatoms. The quantitative estimate of drug-likeness (QED) is 0.430. The standard InChI is InChI=1S/C23H24N2O5S2/c1-28-17-9-7-16(8-10-17)24-21(26)5-4-12-25-22(27)20(32-23(25)31)14-15-6-11-18(29-2)19(13-15)30-3/h6-11,13-14H,4-5,12H2,1-3H3,(H,24,26). The molecular weight excluding hydrogens is 448 g/mol. The first-order valence-electron chi connectivity index (χ1n) is 9.86. The van der Waals surface area contributed by atoms with Crippen molar-refractivity contribution in [2.75, 3.05) is 33.2 Å². The van der Waals surface area contributed by atoms with E-state index in [2.05, 4.69) is 5.32 Å². The van der Waals surface area contributed by atoms with Crippen LogP contribution in [0, 0.1) is 0 Å². The van der Waals surface area contributed by atoms with E-state index in [0.717, 1.165) is 11.3 Å². The number of nitrogens with zero attached hydrogens (tertiary/aromatic N) is 1. The van der Waals surface area contributed by atoms with Crippen LogP contribution in [0.4, 0.5) is 5.69 Å². The molecule has 0 radical (unpaired) electrons. The molecule has 0 aliphatic carbocycles. The summed E-state index contributed by atoms with van der Waals surface area (Å²) in [7, 11) is 4.72. The summed E-state index contributed by atoms with van der Waals surface area (Å²) in [5.74, 6) is 1.63. The molecule has 0 spiro atoms. The lowest BCUT2D eigenvalue weighted by molar-refractivity contribution is -0.122. The maximum absolute atomic E-state index is 12.8. The van der Waals surface area contributed by atoms with Gasteiger partial charge in [-0.1, -0.05) is 30.0 Å². The van der Waals surface area contributed by atoms with Gasteiger partial charge in [0, 0.05) is 18.7 Å². The Morgan fingerprint density at radius 3 is 2.44 bits per heavy atom. The normalized spacial score (nSPS) is 14.6. The van der Waals surface area contributed by atoms with E-state index in [-0.39, 0.29) is 18.2 Å². The fourth-order valence-corrected chi connectivity index (χ4v) is 4.39. The number of methoxy groups -OCH3 is 3. The highest BCUT2D eigenvalue weighted by molar-refractivity contribution is 8.26. The average molecular weight is 473 g/mol. The Balaban J connectivity index is 1.55. The van der Waals surface area contributed by atoms with Gasteiger partial charge in [-0.2, -0.15) is 0 Å². The predicted octanol–water partition coefficient (Wildman–Crippen LogP) is 4.33. The van der Waals surface area contributed by atoms with Gasteiger partial charge in [0.25, 0.3) is 5.91 Å². The summed E-state index contributed by atoms with van der Waals surface area (Å²) in [5, 5.41) is 2.83. The molecule has 0 saturated carbocycles. The summed E-state index contributed by atoms with van der Waals surface area (Å²) in [6.45, 7) is 0.379. The lowest BCUT2D eigenvalue weighted by atomic mass is 10.2. The summed E-state index contributed by atoms with van der Waals surface area (Å²) in [6, 6.07) is 12.5. The molecule has 1 saturated heterocycles. The van der Waals surface area contributed by atoms with Gasteiger partial charge in [-0.15, -0.1) is 0 Å². The third-order valence-electron chi connectivity index (χ3n) is 4.74. The lowest BCUT2D eigenvalue weighted by Crippen LogP contribution is -2.29. The highest BCUT2D eigenvalue weighted by Crippen LogP contribution is 2.34. The molecule has 1 aliphatic heterocycles. The van der Waals surface area contributed by atoms with E-state index < -0.39 is 0 Å². The number of hydrogen-bond acceptors (Lipinski definition) is 7. The molecule has 2 amide bonds. The van der Waals surface area contributed by atoms with E-state index >= 15 is 0 Å². The van der Waals surface area contributed by atoms with Crippen LogP contribution in [0.25, 0.3) is 6.08 Å². The van der Waals surface area contributed by atoms with E-state index in [0.29, 0.717) is 39.4 Å². The Labute approximate surface area is 196 Å². The molecule has 0 bridgehead atoms. The molecule has 2 aromatic rings. The minimum Gasteiger partial charge on any atom is -0.497 e. The summed E-state index contributed by atoms with van der Waals surface area (Å²) in [5.41, 5.74) is 1.50. The first-order valence-corrected chi connectivity index (χ1v) is 11.1. The fraction of sp³-hybridized carbons (Fsp3) is 0.261. The van der Waals surface area contributed by atoms with Crippen LogP contribution >= 0.6 is 24.0 Å². The van der Waals surface area contributed by atoms with Gasteiger partial charge in [-0.05, 0) is 54.5 Å². The van der Waals surface area contributed by atoms with E-state index in [1.54, 1.807) is 63.8 Å². The van der Waals surface area contributed by atoms with Crippen molar-refractivity contribution in [1.82, 2.24) is 4.90 Å². The van der Waals surface area contributed by atoms with Crippen molar-refractivity contribution < 1.29 is 23.8 Å². The first-order chi connectivity index (χ1) is 15.4. The second-order valence-corrected chi connectivity index (χ2v) is 8.50. The zero-order valence-corrected chi connectivity index (χ0v) is 19.7. The third kappa shape index (κ3) is 5.80. The number of rotatable bonds is 9. The van der Waals surface area contributed by atoms with Gasteiger partial charge in [0.1, 0.15) is 10.1 Å². The van der Waals surface area contributed by atoms with E-state index in [1.807, 2.05) is 6.07 Å². The first kappa shape index (κ1) is 23.6. The fourth-order valence-electron chi connectivity index (χ4n) is 3.08. The van der Waals surface area contributed by atoms with Gasteiger partial charge in [0.2, 0.25) is 5.91 Å². The Kier molecular flexibility index (Phi) is 8.13. The van der Waals surface area contributed by atoms with Crippen molar-refractivity contribution in [3.05, 3.63) is 52.9 Å². The van der Waals surface area contributed by atoms with Crippen LogP contribution in [-0.4, -0.2) is 48.9 Å². The lowest BCUT2D eigenvalue weighted by Gasteiger charge is -2.14. The van der Waals surface area contributed by atoms with Gasteiger partial charge in [0.05, 0.1) is 26.2 Å². The van der Waals surface area contributed by atoms with Gasteiger partial charge in [0.15, 0.2) is 11.5 Å². The summed E-state index contributed by atoms with van der Waals surface area (Å²) >= 11 is 6.63. The smallest absolute Gasteiger partial charge is 0.266 e. The molecule has 1 heterocycles. The molecule has 168 valence electrons. The highest BCUT2D eigenvalue weighted by atomic mass is 32.2. The number of nitrogens with one attached hydrogen (secondary N) is 1. The molecule has 1 N–H and O–H groups in total. The Morgan fingerprint density at radius 1 is 1.06 bits per heavy atom. The molecule has 32 heavy (non-hydrogen) atoms. The van der Waals surface area contributed by atoms with Crippen molar-refractivity contribution in [2.45, 2.75) is 12.8 Å². The third-order valence-corrected chi connectivity index (χ3v) is 6.12. The zero-order chi connectivity index (χ0) is 23.1. The molecule has 0 atom stereocenters. The van der Waals surface area contributed by atoms with E-state index in [1.165, 1.54) is 16.7 Å². The van der Waals surface area contributed by atoms with Gasteiger partial charge in [-0.3, -0.25) is 14.5 Å². The predicted molar refractivity (Wildman–Crippen MR) is 130 cm³/mol. The van der Waals surface area contributed by atoms with E-state index in [4.69, 9.17) is 26.4 Å². The summed E-state index contributed by atoms with van der Waals surface area (Å²) in [4.78, 5) is 27.1. The highest BCUT2D eigenvalue weighted by Gasteiger charge is 2.31. The molecule has 2 aromatic carbocycles. The minimum atomic E-state index is -0.162. The van der Waals surface area contributed by atoms with Crippen LogP contribution in [0.15, 0.2) is 47.4 Å². The van der Waals surface area contributed by atoms with Crippen molar-refractivity contribution in [1.29, 1.82) is 0 Å². The van der Waals surface area contributed by atoms with Gasteiger partial charge < -0.3 is 19.5 Å². The second kappa shape index (κ2) is 11.0. The molecular formula is C23H24N2O5S2. The maximum Gasteiger partial charge on any atom is 0.266 e. The molecule has 3 rings (SSSR count). The number of anilines is 1. The minimum absolute atomic E-state index is 0.124. The Morgan fingerprint density at radius 2 is 1.78 bits per heavy atom. The molecule has 0 unspecified atom stereocenters. The number of benzene rings is 2. The maximum atomic E-state index is 12.8.